The van der Waals surface area contributed by atoms with Crippen molar-refractivity contribution in [3.05, 3.63) is 12.2 Å². The lowest BCUT2D eigenvalue weighted by atomic mass is 9.70. The van der Waals surface area contributed by atoms with Crippen LogP contribution in [0.2, 0.25) is 0 Å². The number of hydrogen-bond donors (Lipinski definition) is 0. The van der Waals surface area contributed by atoms with Crippen molar-refractivity contribution < 1.29 is 19.1 Å². The molecule has 0 N–H and O–H groups in total. The Labute approximate surface area is 133 Å². The normalized spacial score (nSPS) is 32.4. The van der Waals surface area contributed by atoms with Crippen LogP contribution >= 0.6 is 0 Å². The molecule has 2 aliphatic rings. The fourth-order valence-electron chi connectivity index (χ4n) is 3.99. The zero-order chi connectivity index (χ0) is 16.4. The summed E-state index contributed by atoms with van der Waals surface area (Å²) in [7, 11) is 0. The number of fused-ring (bicyclic) bond motifs is 2. The summed E-state index contributed by atoms with van der Waals surface area (Å²) in [5.41, 5.74) is 0.254. The first-order valence-corrected chi connectivity index (χ1v) is 8.36. The molecule has 1 unspecified atom stereocenters. The quantitative estimate of drug-likeness (QED) is 0.427. The molecule has 2 aliphatic carbocycles. The van der Waals surface area contributed by atoms with Gasteiger partial charge in [0.05, 0.1) is 6.61 Å². The van der Waals surface area contributed by atoms with Gasteiger partial charge < -0.3 is 9.47 Å². The van der Waals surface area contributed by atoms with E-state index in [1.54, 1.807) is 0 Å². The highest BCUT2D eigenvalue weighted by Crippen LogP contribution is 2.66. The van der Waals surface area contributed by atoms with E-state index in [2.05, 4.69) is 20.8 Å². The van der Waals surface area contributed by atoms with Crippen molar-refractivity contribution >= 4 is 11.9 Å². The smallest absolute Gasteiger partial charge is 0.331 e. The van der Waals surface area contributed by atoms with E-state index in [4.69, 9.17) is 9.47 Å². The summed E-state index contributed by atoms with van der Waals surface area (Å²) in [6, 6.07) is 0. The van der Waals surface area contributed by atoms with Crippen LogP contribution in [0.25, 0.3) is 0 Å². The second-order valence-electron chi connectivity index (χ2n) is 7.39. The first kappa shape index (κ1) is 17.0. The number of hydrogen-bond acceptors (Lipinski definition) is 4. The average Bonchev–Trinajstić information content (AvgIpc) is 2.79. The molecule has 2 saturated carbocycles. The Morgan fingerprint density at radius 1 is 1.18 bits per heavy atom. The van der Waals surface area contributed by atoms with Crippen molar-refractivity contribution in [2.45, 2.75) is 65.9 Å². The van der Waals surface area contributed by atoms with Gasteiger partial charge in [0.1, 0.15) is 6.10 Å². The molecule has 0 aliphatic heterocycles. The number of carbonyl (C=O) groups is 2. The van der Waals surface area contributed by atoms with E-state index in [1.165, 1.54) is 18.6 Å². The maximum absolute atomic E-state index is 11.9. The Bertz CT molecular complexity index is 466. The average molecular weight is 308 g/mol. The summed E-state index contributed by atoms with van der Waals surface area (Å²) in [5.74, 6) is -0.301. The van der Waals surface area contributed by atoms with Crippen molar-refractivity contribution in [2.75, 3.05) is 6.61 Å². The number of rotatable bonds is 6. The largest absolute Gasteiger partial charge is 0.463 e. The second kappa shape index (κ2) is 6.43. The van der Waals surface area contributed by atoms with Gasteiger partial charge in [0.15, 0.2) is 0 Å². The van der Waals surface area contributed by atoms with Gasteiger partial charge in [-0.2, -0.15) is 0 Å². The Kier molecular flexibility index (Phi) is 4.98. The van der Waals surface area contributed by atoms with E-state index >= 15 is 0 Å². The van der Waals surface area contributed by atoms with Gasteiger partial charge >= 0.3 is 11.9 Å². The molecule has 0 spiro atoms. The molecule has 3 atom stereocenters. The van der Waals surface area contributed by atoms with Gasteiger partial charge in [-0.1, -0.05) is 34.1 Å². The van der Waals surface area contributed by atoms with Crippen molar-refractivity contribution in [1.29, 1.82) is 0 Å². The highest BCUT2D eigenvalue weighted by atomic mass is 16.5. The Hall–Kier alpha value is -1.32. The third-order valence-electron chi connectivity index (χ3n) is 6.07. The minimum Gasteiger partial charge on any atom is -0.463 e. The minimum atomic E-state index is -0.482. The van der Waals surface area contributed by atoms with Crippen LogP contribution in [0, 0.1) is 16.7 Å². The summed E-state index contributed by atoms with van der Waals surface area (Å²) < 4.78 is 10.6. The fourth-order valence-corrected chi connectivity index (χ4v) is 3.99. The summed E-state index contributed by atoms with van der Waals surface area (Å²) in [6.45, 7) is 9.20. The zero-order valence-corrected chi connectivity index (χ0v) is 14.2. The summed E-state index contributed by atoms with van der Waals surface area (Å²) in [6.07, 6.45) is 7.37. The molecule has 0 saturated heterocycles. The molecule has 2 bridgehead atoms. The topological polar surface area (TPSA) is 52.6 Å². The lowest BCUT2D eigenvalue weighted by Crippen LogP contribution is -2.38. The Morgan fingerprint density at radius 3 is 2.41 bits per heavy atom. The molecule has 2 fully saturated rings. The van der Waals surface area contributed by atoms with E-state index in [0.717, 1.165) is 25.7 Å². The molecule has 0 amide bonds. The van der Waals surface area contributed by atoms with Gasteiger partial charge in [0, 0.05) is 17.6 Å². The first-order valence-electron chi connectivity index (χ1n) is 8.36. The van der Waals surface area contributed by atoms with E-state index < -0.39 is 11.9 Å². The number of esters is 2. The molecule has 0 aromatic carbocycles. The molecular weight excluding hydrogens is 280 g/mol. The fraction of sp³-hybridized carbons (Fsp3) is 0.778. The molecule has 0 aromatic heterocycles. The molecule has 0 heterocycles. The monoisotopic (exact) mass is 308 g/mol. The van der Waals surface area contributed by atoms with Gasteiger partial charge in [-0.25, -0.2) is 9.59 Å². The summed E-state index contributed by atoms with van der Waals surface area (Å²) in [5, 5.41) is 0. The summed E-state index contributed by atoms with van der Waals surface area (Å²) >= 11 is 0. The van der Waals surface area contributed by atoms with Crippen LogP contribution < -0.4 is 0 Å². The lowest BCUT2D eigenvalue weighted by Gasteiger charge is -2.38. The van der Waals surface area contributed by atoms with Crippen molar-refractivity contribution in [3.8, 4) is 0 Å². The van der Waals surface area contributed by atoms with Crippen LogP contribution in [0.3, 0.4) is 0 Å². The molecule has 2 rings (SSSR count). The van der Waals surface area contributed by atoms with Crippen LogP contribution in [0.5, 0.6) is 0 Å². The van der Waals surface area contributed by atoms with Crippen LogP contribution in [0.15, 0.2) is 12.2 Å². The zero-order valence-electron chi connectivity index (χ0n) is 14.2. The maximum atomic E-state index is 11.9. The minimum absolute atomic E-state index is 0.0444. The van der Waals surface area contributed by atoms with Crippen LogP contribution in [0.4, 0.5) is 0 Å². The third kappa shape index (κ3) is 3.06. The summed E-state index contributed by atoms with van der Waals surface area (Å²) in [4.78, 5) is 23.4. The SMILES string of the molecule is CCCCOC(=O)/C=C\C(=O)OC1C[C@H]2CC[C@@]1(C)C2(C)C. The molecule has 4 heteroatoms. The van der Waals surface area contributed by atoms with Crippen molar-refractivity contribution in [2.24, 2.45) is 16.7 Å². The van der Waals surface area contributed by atoms with Gasteiger partial charge in [0.25, 0.3) is 0 Å². The molecule has 124 valence electrons. The van der Waals surface area contributed by atoms with Crippen molar-refractivity contribution in [1.82, 2.24) is 0 Å². The molecule has 0 radical (unpaired) electrons. The van der Waals surface area contributed by atoms with Crippen LogP contribution in [-0.4, -0.2) is 24.6 Å². The van der Waals surface area contributed by atoms with Gasteiger partial charge in [-0.05, 0) is 37.0 Å². The van der Waals surface area contributed by atoms with Crippen molar-refractivity contribution in [3.63, 3.8) is 0 Å². The molecule has 0 aromatic rings. The van der Waals surface area contributed by atoms with E-state index in [0.29, 0.717) is 12.5 Å². The Morgan fingerprint density at radius 2 is 1.86 bits per heavy atom. The first-order chi connectivity index (χ1) is 10.3. The maximum Gasteiger partial charge on any atom is 0.331 e. The van der Waals surface area contributed by atoms with E-state index in [-0.39, 0.29) is 16.9 Å². The van der Waals surface area contributed by atoms with E-state index in [9.17, 15) is 9.59 Å². The molecule has 4 nitrogen and oxygen atoms in total. The van der Waals surface area contributed by atoms with Crippen LogP contribution in [-0.2, 0) is 19.1 Å². The predicted molar refractivity (Wildman–Crippen MR) is 84.1 cm³/mol. The number of ether oxygens (including phenoxy) is 2. The van der Waals surface area contributed by atoms with E-state index in [1.807, 2.05) is 6.92 Å². The van der Waals surface area contributed by atoms with Gasteiger partial charge in [-0.15, -0.1) is 0 Å². The highest BCUT2D eigenvalue weighted by molar-refractivity contribution is 5.91. The highest BCUT2D eigenvalue weighted by Gasteiger charge is 2.62. The molecular formula is C18H28O4. The molecule has 22 heavy (non-hydrogen) atoms. The predicted octanol–water partition coefficient (Wildman–Crippen LogP) is 3.64. The lowest BCUT2D eigenvalue weighted by molar-refractivity contribution is -0.151. The van der Waals surface area contributed by atoms with Crippen LogP contribution in [0.1, 0.15) is 59.8 Å². The van der Waals surface area contributed by atoms with Gasteiger partial charge in [-0.3, -0.25) is 0 Å². The Balaban J connectivity index is 1.85. The van der Waals surface area contributed by atoms with Gasteiger partial charge in [0.2, 0.25) is 0 Å². The standard InChI is InChI=1S/C18H28O4/c1-5-6-11-21-15(19)7-8-16(20)22-14-12-13-9-10-18(14,4)17(13,2)3/h7-8,13-14H,5-6,9-12H2,1-4H3/b8-7-/t13-,14?,18-/m1/s1. The number of unbranched alkanes of at least 4 members (excludes halogenated alkanes) is 1. The number of carbonyl (C=O) groups excluding carboxylic acids is 2. The second-order valence-corrected chi connectivity index (χ2v) is 7.39. The third-order valence-corrected chi connectivity index (χ3v) is 6.07.